The van der Waals surface area contributed by atoms with E-state index >= 15 is 0 Å². The molecule has 0 saturated carbocycles. The Kier molecular flexibility index (Phi) is 32.5. The molecule has 0 aromatic carbocycles. The van der Waals surface area contributed by atoms with Crippen molar-refractivity contribution in [2.45, 2.75) is 173 Å². The zero-order valence-corrected chi connectivity index (χ0v) is 36.4. The van der Waals surface area contributed by atoms with Gasteiger partial charge in [0.2, 0.25) is 0 Å². The maximum Gasteiger partial charge on any atom is 0.472 e. The number of hydrogen-bond acceptors (Lipinski definition) is 13. The Labute approximate surface area is 352 Å². The average molecular weight is 859 g/mol. The van der Waals surface area contributed by atoms with Crippen LogP contribution < -0.4 is 0 Å². The molecular weight excluding hydrogens is 783 g/mol. The molecule has 6 N–H and O–H groups in total. The van der Waals surface area contributed by atoms with E-state index in [4.69, 9.17) is 23.8 Å². The fourth-order valence-corrected chi connectivity index (χ4v) is 6.84. The number of rotatable bonds is 35. The Bertz CT molecular complexity index is 1280. The summed E-state index contributed by atoms with van der Waals surface area (Å²) in [6.07, 6.45) is 28.0. The van der Waals surface area contributed by atoms with E-state index in [-0.39, 0.29) is 25.2 Å². The van der Waals surface area contributed by atoms with Crippen LogP contribution in [0.1, 0.15) is 136 Å². The predicted octanol–water partition coefficient (Wildman–Crippen LogP) is 7.22. The summed E-state index contributed by atoms with van der Waals surface area (Å²) in [7, 11) is -4.70. The Balaban J connectivity index is 2.54. The number of allylic oxidation sites excluding steroid dienone is 8. The molecule has 1 fully saturated rings. The maximum absolute atomic E-state index is 12.7. The fraction of sp³-hybridized carbons (Fsp3) is 0.727. The first-order chi connectivity index (χ1) is 28.4. The second-order valence-electron chi connectivity index (χ2n) is 14.9. The number of phosphoric ester groups is 1. The SMILES string of the molecule is CC/C=C\C/C=C\C/C=C\CCCCCCCC(=O)OC[C@H](COP(=O)(O)OC[C@@H](O)CO)OC(=O)CCC/C=C\C[C@H]1[C@@H](O)CC(O)O[C@@H]1/C=C/[C@@H](O)CCCCC. The highest BCUT2D eigenvalue weighted by Crippen LogP contribution is 2.43. The quantitative estimate of drug-likeness (QED) is 0.0161. The molecule has 1 saturated heterocycles. The molecule has 2 unspecified atom stereocenters. The molecule has 14 nitrogen and oxygen atoms in total. The van der Waals surface area contributed by atoms with E-state index in [0.717, 1.165) is 70.6 Å². The van der Waals surface area contributed by atoms with Gasteiger partial charge >= 0.3 is 19.8 Å². The van der Waals surface area contributed by atoms with Crippen LogP contribution >= 0.6 is 7.82 Å². The number of hydrogen-bond donors (Lipinski definition) is 6. The lowest BCUT2D eigenvalue weighted by atomic mass is 9.87. The molecular formula is C44H75O14P. The summed E-state index contributed by atoms with van der Waals surface area (Å²) in [6, 6.07) is 0. The van der Waals surface area contributed by atoms with Crippen LogP contribution in [0.3, 0.4) is 0 Å². The zero-order chi connectivity index (χ0) is 43.6. The number of esters is 2. The summed E-state index contributed by atoms with van der Waals surface area (Å²) in [4.78, 5) is 35.2. The van der Waals surface area contributed by atoms with Gasteiger partial charge in [-0.2, -0.15) is 0 Å². The van der Waals surface area contributed by atoms with Gasteiger partial charge in [-0.05, 0) is 64.2 Å². The topological polar surface area (TPSA) is 219 Å². The monoisotopic (exact) mass is 858 g/mol. The van der Waals surface area contributed by atoms with Crippen LogP contribution in [0.15, 0.2) is 60.8 Å². The lowest BCUT2D eigenvalue weighted by Crippen LogP contribution is -2.43. The molecule has 1 heterocycles. The molecule has 0 amide bonds. The molecule has 0 spiro atoms. The first-order valence-electron chi connectivity index (χ1n) is 21.6. The molecule has 1 aliphatic heterocycles. The normalized spacial score (nSPS) is 21.5. The Morgan fingerprint density at radius 2 is 1.42 bits per heavy atom. The summed E-state index contributed by atoms with van der Waals surface area (Å²) < 4.78 is 38.3. The largest absolute Gasteiger partial charge is 0.472 e. The van der Waals surface area contributed by atoms with Crippen LogP contribution in [-0.2, 0) is 37.4 Å². The molecule has 0 aliphatic carbocycles. The smallest absolute Gasteiger partial charge is 0.462 e. The highest BCUT2D eigenvalue weighted by molar-refractivity contribution is 7.47. The third kappa shape index (κ3) is 30.2. The first-order valence-corrected chi connectivity index (χ1v) is 23.1. The van der Waals surface area contributed by atoms with Crippen molar-refractivity contribution in [3.05, 3.63) is 60.8 Å². The molecule has 0 aromatic rings. The first kappa shape index (κ1) is 54.5. The van der Waals surface area contributed by atoms with Crippen molar-refractivity contribution in [1.82, 2.24) is 0 Å². The van der Waals surface area contributed by atoms with Crippen molar-refractivity contribution in [3.8, 4) is 0 Å². The van der Waals surface area contributed by atoms with Crippen LogP contribution in [0, 0.1) is 5.92 Å². The highest BCUT2D eigenvalue weighted by atomic mass is 31.2. The Morgan fingerprint density at radius 1 is 0.780 bits per heavy atom. The second kappa shape index (κ2) is 35.1. The molecule has 0 aromatic heterocycles. The summed E-state index contributed by atoms with van der Waals surface area (Å²) in [5.74, 6) is -1.49. The molecule has 340 valence electrons. The Hall–Kier alpha value is -2.49. The van der Waals surface area contributed by atoms with Crippen molar-refractivity contribution in [1.29, 1.82) is 0 Å². The van der Waals surface area contributed by atoms with E-state index in [2.05, 4.69) is 54.8 Å². The van der Waals surface area contributed by atoms with Gasteiger partial charge in [0, 0.05) is 25.2 Å². The standard InChI is InChI=1S/C44H75O14P/c1-3-5-7-8-9-10-11-12-13-14-15-16-17-18-23-27-42(49)54-34-38(35-56-59(52,53)55-33-37(47)32-45)57-43(50)28-24-20-19-22-26-39-40(48)31-44(51)58-41(39)30-29-36(46)25-21-6-4-2/h5,7,9-10,12-13,19,22,29-30,36-41,44-48,51H,3-4,6,8,11,14-18,20-21,23-28,31-35H2,1-2H3,(H,52,53)/b7-5-,10-9-,13-12-,22-19-,30-29+/t36-,37-,38+,39-,40-,41+,44?/m0/s1. The number of aliphatic hydroxyl groups excluding tert-OH is 5. The number of carbonyl (C=O) groups excluding carboxylic acids is 2. The average Bonchev–Trinajstić information content (AvgIpc) is 3.20. The highest BCUT2D eigenvalue weighted by Gasteiger charge is 2.35. The van der Waals surface area contributed by atoms with Gasteiger partial charge in [0.25, 0.3) is 0 Å². The van der Waals surface area contributed by atoms with Crippen molar-refractivity contribution >= 4 is 19.8 Å². The Morgan fingerprint density at radius 3 is 2.15 bits per heavy atom. The summed E-state index contributed by atoms with van der Waals surface area (Å²) in [5.41, 5.74) is 0. The molecule has 8 atom stereocenters. The maximum atomic E-state index is 12.7. The van der Waals surface area contributed by atoms with E-state index in [1.807, 2.05) is 12.2 Å². The van der Waals surface area contributed by atoms with Crippen molar-refractivity contribution in [2.24, 2.45) is 5.92 Å². The predicted molar refractivity (Wildman–Crippen MR) is 227 cm³/mol. The van der Waals surface area contributed by atoms with E-state index in [9.17, 15) is 39.5 Å². The van der Waals surface area contributed by atoms with Gasteiger partial charge in [-0.3, -0.25) is 18.6 Å². The van der Waals surface area contributed by atoms with Crippen molar-refractivity contribution < 1.29 is 67.8 Å². The lowest BCUT2D eigenvalue weighted by Gasteiger charge is -2.36. The van der Waals surface area contributed by atoms with Gasteiger partial charge in [0.15, 0.2) is 12.4 Å². The zero-order valence-electron chi connectivity index (χ0n) is 35.5. The van der Waals surface area contributed by atoms with Gasteiger partial charge < -0.3 is 44.6 Å². The summed E-state index contributed by atoms with van der Waals surface area (Å²) in [6.45, 7) is 1.80. The van der Waals surface area contributed by atoms with E-state index < -0.39 is 83.0 Å². The van der Waals surface area contributed by atoms with Crippen LogP contribution in [0.25, 0.3) is 0 Å². The number of carbonyl (C=O) groups is 2. The molecule has 1 rings (SSSR count). The lowest BCUT2D eigenvalue weighted by molar-refractivity contribution is -0.199. The third-order valence-electron chi connectivity index (χ3n) is 9.45. The number of ether oxygens (including phenoxy) is 3. The van der Waals surface area contributed by atoms with Gasteiger partial charge in [0.05, 0.1) is 38.1 Å². The van der Waals surface area contributed by atoms with E-state index in [1.165, 1.54) is 0 Å². The van der Waals surface area contributed by atoms with Crippen molar-refractivity contribution in [2.75, 3.05) is 26.4 Å². The van der Waals surface area contributed by atoms with Gasteiger partial charge in [-0.15, -0.1) is 0 Å². The van der Waals surface area contributed by atoms with Gasteiger partial charge in [0.1, 0.15) is 12.7 Å². The molecule has 0 radical (unpaired) electrons. The van der Waals surface area contributed by atoms with Crippen LogP contribution in [0.2, 0.25) is 0 Å². The van der Waals surface area contributed by atoms with E-state index in [0.29, 0.717) is 32.1 Å². The molecule has 59 heavy (non-hydrogen) atoms. The van der Waals surface area contributed by atoms with Crippen molar-refractivity contribution in [3.63, 3.8) is 0 Å². The second-order valence-corrected chi connectivity index (χ2v) is 16.3. The molecule has 1 aliphatic rings. The molecule has 15 heteroatoms. The fourth-order valence-electron chi connectivity index (χ4n) is 6.05. The molecule has 0 bridgehead atoms. The van der Waals surface area contributed by atoms with Crippen LogP contribution in [0.5, 0.6) is 0 Å². The van der Waals surface area contributed by atoms with Gasteiger partial charge in [-0.1, -0.05) is 113 Å². The van der Waals surface area contributed by atoms with Crippen LogP contribution in [-0.4, -0.2) is 106 Å². The number of unbranched alkanes of at least 4 members (excludes halogenated alkanes) is 8. The minimum atomic E-state index is -4.70. The minimum Gasteiger partial charge on any atom is -0.462 e. The minimum absolute atomic E-state index is 0.0167. The third-order valence-corrected chi connectivity index (χ3v) is 10.4. The van der Waals surface area contributed by atoms with Crippen LogP contribution in [0.4, 0.5) is 0 Å². The van der Waals surface area contributed by atoms with Gasteiger partial charge in [-0.25, -0.2) is 4.57 Å². The van der Waals surface area contributed by atoms with E-state index in [1.54, 1.807) is 12.2 Å². The number of aliphatic hydroxyl groups is 5. The summed E-state index contributed by atoms with van der Waals surface area (Å²) >= 11 is 0. The number of phosphoric acid groups is 1. The summed E-state index contributed by atoms with van der Waals surface area (Å²) in [5, 5.41) is 49.3.